The van der Waals surface area contributed by atoms with Crippen LogP contribution in [-0.4, -0.2) is 62.5 Å². The van der Waals surface area contributed by atoms with Gasteiger partial charge in [0.1, 0.15) is 0 Å². The van der Waals surface area contributed by atoms with Crippen LogP contribution in [0.5, 0.6) is 0 Å². The minimum atomic E-state index is -3.29. The minimum absolute atomic E-state index is 0.291. The third-order valence-electron chi connectivity index (χ3n) is 3.82. The summed E-state index contributed by atoms with van der Waals surface area (Å²) in [7, 11) is -1.20. The molecule has 1 saturated heterocycles. The van der Waals surface area contributed by atoms with Crippen molar-refractivity contribution in [1.29, 1.82) is 0 Å². The largest absolute Gasteiger partial charge is 0.328 e. The molecule has 1 fully saturated rings. The molecule has 1 aromatic heterocycles. The fraction of sp³-hybridized carbons (Fsp3) is 0.462. The maximum atomic E-state index is 11.9. The number of hydrogen-bond donors (Lipinski definition) is 1. The number of fused-ring (bicyclic) bond motifs is 1. The summed E-state index contributed by atoms with van der Waals surface area (Å²) in [5.41, 5.74) is 1.40. The number of nitrogens with zero attached hydrogens (tertiary/aromatic N) is 3. The van der Waals surface area contributed by atoms with Gasteiger partial charge < -0.3 is 14.9 Å². The molecule has 0 spiro atoms. The van der Waals surface area contributed by atoms with Crippen molar-refractivity contribution in [1.82, 2.24) is 14.6 Å². The van der Waals surface area contributed by atoms with Crippen molar-refractivity contribution in [2.45, 2.75) is 4.90 Å². The normalized spacial score (nSPS) is 17.5. The molecule has 0 saturated carbocycles. The first-order chi connectivity index (χ1) is 9.88. The Morgan fingerprint density at radius 3 is 2.48 bits per heavy atom. The van der Waals surface area contributed by atoms with Crippen molar-refractivity contribution in [3.8, 4) is 0 Å². The highest BCUT2D eigenvalue weighted by Crippen LogP contribution is 2.23. The summed E-state index contributed by atoms with van der Waals surface area (Å²) in [6, 6.07) is 5.26. The molecule has 8 heteroatoms. The third-order valence-corrected chi connectivity index (χ3v) is 5.23. The summed E-state index contributed by atoms with van der Waals surface area (Å²) in [6.45, 7) is 3.64. The van der Waals surface area contributed by atoms with E-state index in [9.17, 15) is 8.42 Å². The van der Waals surface area contributed by atoms with Gasteiger partial charge in [-0.25, -0.2) is 13.1 Å². The lowest BCUT2D eigenvalue weighted by Gasteiger charge is -2.34. The van der Waals surface area contributed by atoms with Gasteiger partial charge in [-0.05, 0) is 31.4 Å². The van der Waals surface area contributed by atoms with E-state index in [-0.39, 0.29) is 0 Å². The second-order valence-electron chi connectivity index (χ2n) is 5.42. The minimum Gasteiger partial charge on any atom is -0.328 e. The van der Waals surface area contributed by atoms with Crippen LogP contribution in [0, 0.1) is 4.77 Å². The van der Waals surface area contributed by atoms with Gasteiger partial charge in [0, 0.05) is 32.4 Å². The van der Waals surface area contributed by atoms with Gasteiger partial charge in [-0.2, -0.15) is 0 Å². The molecule has 21 heavy (non-hydrogen) atoms. The number of hydrogen-bond acceptors (Lipinski definition) is 5. The molecule has 0 unspecified atom stereocenters. The van der Waals surface area contributed by atoms with Gasteiger partial charge in [-0.3, -0.25) is 0 Å². The quantitative estimate of drug-likeness (QED) is 0.834. The third kappa shape index (κ3) is 2.58. The molecular formula is C13H18N4O2S2. The van der Waals surface area contributed by atoms with Gasteiger partial charge in [-0.1, -0.05) is 6.07 Å². The van der Waals surface area contributed by atoms with Gasteiger partial charge in [0.05, 0.1) is 15.9 Å². The summed E-state index contributed by atoms with van der Waals surface area (Å²) in [6.07, 6.45) is 1.21. The Bertz CT molecular complexity index is 829. The average Bonchev–Trinajstić information content (AvgIpc) is 2.74. The molecule has 6 nitrogen and oxygen atoms in total. The van der Waals surface area contributed by atoms with Crippen LogP contribution in [0.15, 0.2) is 23.1 Å². The van der Waals surface area contributed by atoms with Crippen LogP contribution in [0.4, 0.5) is 0 Å². The van der Waals surface area contributed by atoms with Gasteiger partial charge in [0.2, 0.25) is 0 Å². The molecule has 0 aliphatic carbocycles. The molecule has 2 aromatic rings. The first-order valence-corrected chi connectivity index (χ1v) is 9.05. The van der Waals surface area contributed by atoms with E-state index in [1.807, 2.05) is 10.7 Å². The number of para-hydroxylation sites is 1. The Morgan fingerprint density at radius 2 is 1.86 bits per heavy atom. The van der Waals surface area contributed by atoms with Crippen molar-refractivity contribution in [2.75, 3.05) is 44.5 Å². The van der Waals surface area contributed by atoms with Crippen molar-refractivity contribution in [3.05, 3.63) is 23.0 Å². The summed E-state index contributed by atoms with van der Waals surface area (Å²) >= 11 is 5.40. The Balaban J connectivity index is 2.17. The van der Waals surface area contributed by atoms with Gasteiger partial charge in [0.25, 0.3) is 0 Å². The molecule has 0 radical (unpaired) electrons. The molecule has 1 aliphatic heterocycles. The van der Waals surface area contributed by atoms with Gasteiger partial charge >= 0.3 is 0 Å². The molecule has 3 rings (SSSR count). The number of piperazine rings is 1. The number of benzene rings is 1. The summed E-state index contributed by atoms with van der Waals surface area (Å²) < 4.78 is 26.3. The predicted octanol–water partition coefficient (Wildman–Crippen LogP) is 0.986. The van der Waals surface area contributed by atoms with Crippen LogP contribution in [-0.2, 0) is 9.84 Å². The van der Waals surface area contributed by atoms with E-state index in [0.717, 1.165) is 31.7 Å². The number of aromatic amines is 1. The lowest BCUT2D eigenvalue weighted by Crippen LogP contribution is -2.49. The topological polar surface area (TPSA) is 61.3 Å². The van der Waals surface area contributed by atoms with Crippen LogP contribution in [0.1, 0.15) is 0 Å². The number of aromatic nitrogens is 2. The number of nitrogens with one attached hydrogen (secondary N) is 1. The lowest BCUT2D eigenvalue weighted by atomic mass is 10.3. The van der Waals surface area contributed by atoms with E-state index in [0.29, 0.717) is 15.2 Å². The Labute approximate surface area is 128 Å². The highest BCUT2D eigenvalue weighted by molar-refractivity contribution is 7.91. The second-order valence-corrected chi connectivity index (χ2v) is 7.79. The van der Waals surface area contributed by atoms with Gasteiger partial charge in [-0.15, -0.1) is 0 Å². The van der Waals surface area contributed by atoms with E-state index in [1.54, 1.807) is 12.1 Å². The fourth-order valence-electron chi connectivity index (χ4n) is 2.68. The Kier molecular flexibility index (Phi) is 3.54. The zero-order valence-corrected chi connectivity index (χ0v) is 13.7. The number of rotatable bonds is 2. The van der Waals surface area contributed by atoms with E-state index >= 15 is 0 Å². The number of sulfone groups is 1. The van der Waals surface area contributed by atoms with Crippen molar-refractivity contribution in [3.63, 3.8) is 0 Å². The lowest BCUT2D eigenvalue weighted by molar-refractivity contribution is 0.288. The maximum Gasteiger partial charge on any atom is 0.197 e. The maximum absolute atomic E-state index is 11.9. The van der Waals surface area contributed by atoms with Crippen LogP contribution in [0.25, 0.3) is 11.0 Å². The highest BCUT2D eigenvalue weighted by atomic mass is 32.2. The van der Waals surface area contributed by atoms with Crippen molar-refractivity contribution in [2.24, 2.45) is 0 Å². The van der Waals surface area contributed by atoms with Crippen LogP contribution < -0.4 is 5.01 Å². The molecule has 114 valence electrons. The van der Waals surface area contributed by atoms with Crippen molar-refractivity contribution < 1.29 is 8.42 Å². The predicted molar refractivity (Wildman–Crippen MR) is 85.7 cm³/mol. The monoisotopic (exact) mass is 326 g/mol. The Hall–Kier alpha value is -1.38. The molecule has 0 bridgehead atoms. The average molecular weight is 326 g/mol. The first kappa shape index (κ1) is 14.6. The van der Waals surface area contributed by atoms with E-state index in [2.05, 4.69) is 21.9 Å². The van der Waals surface area contributed by atoms with Gasteiger partial charge in [0.15, 0.2) is 14.6 Å². The number of imidazole rings is 1. The fourth-order valence-corrected chi connectivity index (χ4v) is 3.84. The van der Waals surface area contributed by atoms with E-state index in [4.69, 9.17) is 12.2 Å². The highest BCUT2D eigenvalue weighted by Gasteiger charge is 2.20. The SMILES string of the molecule is CN1CCN(n2c(=S)[nH]c3c(S(C)(=O)=O)cccc32)CC1. The zero-order chi connectivity index (χ0) is 15.2. The molecule has 1 aromatic carbocycles. The summed E-state index contributed by atoms with van der Waals surface area (Å²) in [5.74, 6) is 0. The Morgan fingerprint density at radius 1 is 1.19 bits per heavy atom. The molecule has 1 aliphatic rings. The first-order valence-electron chi connectivity index (χ1n) is 6.75. The summed E-state index contributed by atoms with van der Waals surface area (Å²) in [5, 5.41) is 2.16. The zero-order valence-electron chi connectivity index (χ0n) is 12.0. The number of H-pyrrole nitrogens is 1. The molecule has 1 N–H and O–H groups in total. The van der Waals surface area contributed by atoms with Crippen molar-refractivity contribution >= 4 is 33.1 Å². The standard InChI is InChI=1S/C13H18N4O2S2/c1-15-6-8-16(9-7-15)17-10-4-3-5-11(21(2,18)19)12(10)14-13(17)20/h3-5H,6-9H2,1-2H3,(H,14,20). The smallest absolute Gasteiger partial charge is 0.197 e. The number of likely N-dealkylation sites (N-methyl/N-ethyl adjacent to an activating group) is 1. The van der Waals surface area contributed by atoms with Crippen LogP contribution in [0.3, 0.4) is 0 Å². The molecular weight excluding hydrogens is 308 g/mol. The van der Waals surface area contributed by atoms with E-state index in [1.165, 1.54) is 6.26 Å². The van der Waals surface area contributed by atoms with Crippen LogP contribution in [0.2, 0.25) is 0 Å². The molecule has 0 amide bonds. The molecule has 0 atom stereocenters. The summed E-state index contributed by atoms with van der Waals surface area (Å²) in [4.78, 5) is 5.61. The van der Waals surface area contributed by atoms with Crippen LogP contribution >= 0.6 is 12.2 Å². The molecule has 2 heterocycles. The van der Waals surface area contributed by atoms with E-state index < -0.39 is 9.84 Å². The second kappa shape index (κ2) is 5.11.